The maximum absolute atomic E-state index is 12.2. The number of nitrogens with one attached hydrogen (secondary N) is 2. The second kappa shape index (κ2) is 5.20. The van der Waals surface area contributed by atoms with Crippen LogP contribution in [0, 0.1) is 5.41 Å². The van der Waals surface area contributed by atoms with E-state index < -0.39 is 0 Å². The summed E-state index contributed by atoms with van der Waals surface area (Å²) in [6.07, 6.45) is 6.63. The van der Waals surface area contributed by atoms with Crippen molar-refractivity contribution in [3.63, 3.8) is 0 Å². The summed E-state index contributed by atoms with van der Waals surface area (Å²) in [7, 11) is 0. The Morgan fingerprint density at radius 2 is 2.15 bits per heavy atom. The van der Waals surface area contributed by atoms with Crippen LogP contribution in [0.25, 0.3) is 0 Å². The molecule has 5 heteroatoms. The van der Waals surface area contributed by atoms with Crippen LogP contribution in [0.15, 0.2) is 6.33 Å². The van der Waals surface area contributed by atoms with Gasteiger partial charge in [-0.25, -0.2) is 4.98 Å². The lowest BCUT2D eigenvalue weighted by Gasteiger charge is -2.34. The van der Waals surface area contributed by atoms with Crippen molar-refractivity contribution in [2.45, 2.75) is 64.6 Å². The van der Waals surface area contributed by atoms with Crippen molar-refractivity contribution in [1.82, 2.24) is 15.3 Å². The van der Waals surface area contributed by atoms with Crippen LogP contribution < -0.4 is 5.32 Å². The molecule has 0 radical (unpaired) electrons. The van der Waals surface area contributed by atoms with Gasteiger partial charge >= 0.3 is 5.97 Å². The van der Waals surface area contributed by atoms with E-state index in [-0.39, 0.29) is 18.1 Å². The van der Waals surface area contributed by atoms with Crippen molar-refractivity contribution in [2.24, 2.45) is 5.41 Å². The zero-order valence-electron chi connectivity index (χ0n) is 12.2. The number of rotatable bonds is 2. The van der Waals surface area contributed by atoms with Gasteiger partial charge in [-0.3, -0.25) is 10.1 Å². The lowest BCUT2D eigenvalue weighted by Crippen LogP contribution is -2.44. The van der Waals surface area contributed by atoms with Gasteiger partial charge in [0.05, 0.1) is 17.7 Å². The highest BCUT2D eigenvalue weighted by molar-refractivity contribution is 5.76. The molecule has 1 aliphatic carbocycles. The van der Waals surface area contributed by atoms with Gasteiger partial charge in [0, 0.05) is 13.0 Å². The fourth-order valence-electron chi connectivity index (χ4n) is 3.07. The minimum Gasteiger partial charge on any atom is -0.461 e. The van der Waals surface area contributed by atoms with Crippen molar-refractivity contribution in [3.05, 3.63) is 17.7 Å². The van der Waals surface area contributed by atoms with Crippen molar-refractivity contribution < 1.29 is 9.53 Å². The summed E-state index contributed by atoms with van der Waals surface area (Å²) in [5.41, 5.74) is 2.46. The average Bonchev–Trinajstić information content (AvgIpc) is 2.88. The molecule has 0 amide bonds. The lowest BCUT2D eigenvalue weighted by atomic mass is 9.76. The van der Waals surface area contributed by atoms with E-state index in [1.165, 1.54) is 0 Å². The first-order valence-corrected chi connectivity index (χ1v) is 7.48. The first-order chi connectivity index (χ1) is 9.53. The third-order valence-electron chi connectivity index (χ3n) is 4.58. The molecule has 0 saturated heterocycles. The fraction of sp³-hybridized carbons (Fsp3) is 0.733. The zero-order valence-corrected chi connectivity index (χ0v) is 12.2. The first-order valence-electron chi connectivity index (χ1n) is 7.48. The van der Waals surface area contributed by atoms with Gasteiger partial charge in [-0.1, -0.05) is 13.8 Å². The number of imidazole rings is 1. The van der Waals surface area contributed by atoms with E-state index >= 15 is 0 Å². The molecule has 1 atom stereocenters. The largest absolute Gasteiger partial charge is 0.461 e. The highest BCUT2D eigenvalue weighted by Crippen LogP contribution is 2.36. The number of carbonyl (C=O) groups excluding carboxylic acids is 1. The third kappa shape index (κ3) is 2.87. The molecule has 1 saturated carbocycles. The minimum atomic E-state index is -0.249. The van der Waals surface area contributed by atoms with Gasteiger partial charge in [0.1, 0.15) is 12.1 Å². The number of aromatic amines is 1. The monoisotopic (exact) mass is 277 g/mol. The van der Waals surface area contributed by atoms with Crippen LogP contribution in [0.3, 0.4) is 0 Å². The molecule has 110 valence electrons. The standard InChI is InChI=1S/C15H23N3O2/c1-15(2)5-3-10(4-6-15)20-14(19)12-7-11-13(8-16-12)18-9-17-11/h9-10,12,16H,3-8H2,1-2H3,(H,17,18). The van der Waals surface area contributed by atoms with E-state index in [1.807, 2.05) is 0 Å². The summed E-state index contributed by atoms with van der Waals surface area (Å²) < 4.78 is 5.68. The number of ether oxygens (including phenoxy) is 1. The normalized spacial score (nSPS) is 26.0. The van der Waals surface area contributed by atoms with Gasteiger partial charge in [-0.2, -0.15) is 0 Å². The Balaban J connectivity index is 1.53. The Morgan fingerprint density at radius 3 is 2.90 bits per heavy atom. The molecule has 2 N–H and O–H groups in total. The van der Waals surface area contributed by atoms with Crippen LogP contribution in [0.5, 0.6) is 0 Å². The number of esters is 1. The van der Waals surface area contributed by atoms with Crippen molar-refractivity contribution in [2.75, 3.05) is 0 Å². The molecule has 2 heterocycles. The third-order valence-corrected chi connectivity index (χ3v) is 4.58. The van der Waals surface area contributed by atoms with Crippen LogP contribution in [-0.4, -0.2) is 28.1 Å². The van der Waals surface area contributed by atoms with E-state index in [0.717, 1.165) is 37.1 Å². The number of H-pyrrole nitrogens is 1. The predicted octanol–water partition coefficient (Wildman–Crippen LogP) is 1.94. The Kier molecular flexibility index (Phi) is 3.54. The number of aromatic nitrogens is 2. The predicted molar refractivity (Wildman–Crippen MR) is 75.0 cm³/mol. The molecule has 20 heavy (non-hydrogen) atoms. The number of carbonyl (C=O) groups is 1. The van der Waals surface area contributed by atoms with Crippen LogP contribution in [0.4, 0.5) is 0 Å². The molecule has 0 aromatic carbocycles. The summed E-state index contributed by atoms with van der Waals surface area (Å²) in [6, 6.07) is -0.249. The number of fused-ring (bicyclic) bond motifs is 1. The van der Waals surface area contributed by atoms with Gasteiger partial charge in [-0.15, -0.1) is 0 Å². The van der Waals surface area contributed by atoms with Crippen molar-refractivity contribution in [1.29, 1.82) is 0 Å². The highest BCUT2D eigenvalue weighted by Gasteiger charge is 2.32. The molecule has 1 aromatic heterocycles. The molecule has 1 aromatic rings. The molecule has 0 bridgehead atoms. The topological polar surface area (TPSA) is 67.0 Å². The van der Waals surface area contributed by atoms with E-state index in [2.05, 4.69) is 29.1 Å². The Hall–Kier alpha value is -1.36. The van der Waals surface area contributed by atoms with E-state index in [0.29, 0.717) is 18.4 Å². The smallest absolute Gasteiger partial charge is 0.323 e. The van der Waals surface area contributed by atoms with E-state index in [9.17, 15) is 4.79 Å². The molecular formula is C15H23N3O2. The molecule has 0 spiro atoms. The van der Waals surface area contributed by atoms with Gasteiger partial charge in [0.15, 0.2) is 0 Å². The number of nitrogens with zero attached hydrogens (tertiary/aromatic N) is 1. The van der Waals surface area contributed by atoms with Crippen LogP contribution in [0.2, 0.25) is 0 Å². The van der Waals surface area contributed by atoms with Gasteiger partial charge in [0.2, 0.25) is 0 Å². The van der Waals surface area contributed by atoms with Gasteiger partial charge in [-0.05, 0) is 31.1 Å². The summed E-state index contributed by atoms with van der Waals surface area (Å²) in [4.78, 5) is 19.6. The molecule has 1 aliphatic heterocycles. The van der Waals surface area contributed by atoms with E-state index in [1.54, 1.807) is 6.33 Å². The second-order valence-corrected chi connectivity index (χ2v) is 6.77. The Morgan fingerprint density at radius 1 is 1.40 bits per heavy atom. The summed E-state index contributed by atoms with van der Waals surface area (Å²) in [5.74, 6) is -0.122. The zero-order chi connectivity index (χ0) is 14.2. The van der Waals surface area contributed by atoms with Gasteiger partial charge in [0.25, 0.3) is 0 Å². The first kappa shape index (κ1) is 13.6. The molecule has 5 nitrogen and oxygen atoms in total. The molecule has 2 aliphatic rings. The SMILES string of the molecule is CC1(C)CCC(OC(=O)C2Cc3nc[nH]c3CN2)CC1. The Labute approximate surface area is 119 Å². The number of hydrogen-bond acceptors (Lipinski definition) is 4. The molecule has 1 fully saturated rings. The molecule has 1 unspecified atom stereocenters. The molecule has 3 rings (SSSR count). The number of hydrogen-bond donors (Lipinski definition) is 2. The van der Waals surface area contributed by atoms with Crippen molar-refractivity contribution in [3.8, 4) is 0 Å². The quantitative estimate of drug-likeness (QED) is 0.811. The van der Waals surface area contributed by atoms with E-state index in [4.69, 9.17) is 4.74 Å². The van der Waals surface area contributed by atoms with Gasteiger partial charge < -0.3 is 9.72 Å². The van der Waals surface area contributed by atoms with Crippen LogP contribution in [-0.2, 0) is 22.5 Å². The summed E-state index contributed by atoms with van der Waals surface area (Å²) in [6.45, 7) is 5.23. The summed E-state index contributed by atoms with van der Waals surface area (Å²) >= 11 is 0. The Bertz CT molecular complexity index is 485. The highest BCUT2D eigenvalue weighted by atomic mass is 16.5. The summed E-state index contributed by atoms with van der Waals surface area (Å²) in [5, 5.41) is 3.22. The minimum absolute atomic E-state index is 0.0953. The molecular weight excluding hydrogens is 254 g/mol. The fourth-order valence-corrected chi connectivity index (χ4v) is 3.07. The van der Waals surface area contributed by atoms with Crippen LogP contribution in [0.1, 0.15) is 50.9 Å². The van der Waals surface area contributed by atoms with Crippen molar-refractivity contribution >= 4 is 5.97 Å². The maximum Gasteiger partial charge on any atom is 0.323 e. The second-order valence-electron chi connectivity index (χ2n) is 6.77. The average molecular weight is 277 g/mol. The maximum atomic E-state index is 12.2. The lowest BCUT2D eigenvalue weighted by molar-refractivity contribution is -0.154. The van der Waals surface area contributed by atoms with Crippen LogP contribution >= 0.6 is 0 Å².